The molecule has 0 amide bonds. The highest BCUT2D eigenvalue weighted by Gasteiger charge is 2.37. The molecule has 1 aromatic heterocycles. The number of anilines is 1. The predicted molar refractivity (Wildman–Crippen MR) is 61.1 cm³/mol. The van der Waals surface area contributed by atoms with Gasteiger partial charge in [-0.15, -0.1) is 0 Å². The van der Waals surface area contributed by atoms with Crippen LogP contribution in [0.4, 0.5) is 5.82 Å². The highest BCUT2D eigenvalue weighted by molar-refractivity contribution is 5.32. The number of hydrogen-bond donors (Lipinski definition) is 1. The van der Waals surface area contributed by atoms with E-state index in [0.29, 0.717) is 18.1 Å². The summed E-state index contributed by atoms with van der Waals surface area (Å²) >= 11 is 0. The first-order chi connectivity index (χ1) is 7.93. The SMILES string of the molecule is c1cnc(N[C@@H]2CCC[C@H]3OCC[C@H]23)cn1. The molecule has 1 aromatic rings. The fourth-order valence-electron chi connectivity index (χ4n) is 2.92. The van der Waals surface area contributed by atoms with Gasteiger partial charge < -0.3 is 10.1 Å². The third-order valence-electron chi connectivity index (χ3n) is 3.68. The van der Waals surface area contributed by atoms with Crippen molar-refractivity contribution in [1.82, 2.24) is 9.97 Å². The summed E-state index contributed by atoms with van der Waals surface area (Å²) in [5.74, 6) is 1.55. The summed E-state index contributed by atoms with van der Waals surface area (Å²) in [5, 5.41) is 3.50. The highest BCUT2D eigenvalue weighted by atomic mass is 16.5. The maximum Gasteiger partial charge on any atom is 0.144 e. The Morgan fingerprint density at radius 1 is 1.25 bits per heavy atom. The predicted octanol–water partition coefficient (Wildman–Crippen LogP) is 1.85. The quantitative estimate of drug-likeness (QED) is 0.824. The van der Waals surface area contributed by atoms with E-state index >= 15 is 0 Å². The molecule has 86 valence electrons. The van der Waals surface area contributed by atoms with Crippen LogP contribution in [-0.4, -0.2) is 28.7 Å². The van der Waals surface area contributed by atoms with Gasteiger partial charge >= 0.3 is 0 Å². The molecule has 3 atom stereocenters. The van der Waals surface area contributed by atoms with Gasteiger partial charge in [0.05, 0.1) is 12.3 Å². The van der Waals surface area contributed by atoms with E-state index in [0.717, 1.165) is 12.4 Å². The van der Waals surface area contributed by atoms with Crippen molar-refractivity contribution in [3.05, 3.63) is 18.6 Å². The van der Waals surface area contributed by atoms with Gasteiger partial charge in [0.25, 0.3) is 0 Å². The molecule has 1 aliphatic carbocycles. The molecular formula is C12H17N3O. The monoisotopic (exact) mass is 219 g/mol. The molecule has 1 N–H and O–H groups in total. The van der Waals surface area contributed by atoms with Crippen molar-refractivity contribution in [3.63, 3.8) is 0 Å². The minimum absolute atomic E-state index is 0.475. The van der Waals surface area contributed by atoms with Gasteiger partial charge in [0, 0.05) is 31.0 Å². The Morgan fingerprint density at radius 2 is 2.25 bits per heavy atom. The molecule has 16 heavy (non-hydrogen) atoms. The lowest BCUT2D eigenvalue weighted by atomic mass is 9.82. The number of aromatic nitrogens is 2. The lowest BCUT2D eigenvalue weighted by Crippen LogP contribution is -2.38. The number of nitrogens with zero attached hydrogens (tertiary/aromatic N) is 2. The summed E-state index contributed by atoms with van der Waals surface area (Å²) in [7, 11) is 0. The first-order valence-corrected chi connectivity index (χ1v) is 6.07. The van der Waals surface area contributed by atoms with Crippen molar-refractivity contribution in [2.24, 2.45) is 5.92 Å². The molecule has 4 nitrogen and oxygen atoms in total. The number of ether oxygens (including phenoxy) is 1. The molecular weight excluding hydrogens is 202 g/mol. The van der Waals surface area contributed by atoms with Crippen LogP contribution in [0.15, 0.2) is 18.6 Å². The molecule has 0 spiro atoms. The Labute approximate surface area is 95.4 Å². The zero-order valence-electron chi connectivity index (χ0n) is 9.30. The van der Waals surface area contributed by atoms with Crippen LogP contribution in [0.2, 0.25) is 0 Å². The molecule has 1 saturated carbocycles. The smallest absolute Gasteiger partial charge is 0.144 e. The first kappa shape index (κ1) is 10.0. The Morgan fingerprint density at radius 3 is 3.12 bits per heavy atom. The molecule has 1 aliphatic heterocycles. The lowest BCUT2D eigenvalue weighted by Gasteiger charge is -2.33. The van der Waals surface area contributed by atoms with E-state index in [9.17, 15) is 0 Å². The maximum atomic E-state index is 5.75. The van der Waals surface area contributed by atoms with Crippen molar-refractivity contribution >= 4 is 5.82 Å². The summed E-state index contributed by atoms with van der Waals surface area (Å²) in [6, 6.07) is 0.512. The van der Waals surface area contributed by atoms with Gasteiger partial charge in [0.2, 0.25) is 0 Å². The van der Waals surface area contributed by atoms with E-state index in [1.54, 1.807) is 18.6 Å². The van der Waals surface area contributed by atoms with Gasteiger partial charge in [0.1, 0.15) is 5.82 Å². The van der Waals surface area contributed by atoms with Crippen LogP contribution < -0.4 is 5.32 Å². The molecule has 0 bridgehead atoms. The fraction of sp³-hybridized carbons (Fsp3) is 0.667. The third-order valence-corrected chi connectivity index (χ3v) is 3.68. The van der Waals surface area contributed by atoms with Crippen LogP contribution in [0.3, 0.4) is 0 Å². The van der Waals surface area contributed by atoms with E-state index in [4.69, 9.17) is 4.74 Å². The van der Waals surface area contributed by atoms with Crippen LogP contribution in [0.1, 0.15) is 25.7 Å². The van der Waals surface area contributed by atoms with Crippen molar-refractivity contribution in [1.29, 1.82) is 0 Å². The van der Waals surface area contributed by atoms with Crippen LogP contribution in [0, 0.1) is 5.92 Å². The number of rotatable bonds is 2. The van der Waals surface area contributed by atoms with E-state index in [-0.39, 0.29) is 0 Å². The average molecular weight is 219 g/mol. The highest BCUT2D eigenvalue weighted by Crippen LogP contribution is 2.35. The lowest BCUT2D eigenvalue weighted by molar-refractivity contribution is 0.0619. The van der Waals surface area contributed by atoms with Gasteiger partial charge in [-0.1, -0.05) is 0 Å². The Hall–Kier alpha value is -1.16. The summed E-state index contributed by atoms with van der Waals surface area (Å²) in [6.07, 6.45) is 10.6. The standard InChI is InChI=1S/C12H17N3O/c1-2-10(9-4-7-16-11(9)3-1)15-12-8-13-5-6-14-12/h5-6,8-11H,1-4,7H2,(H,14,15)/t9-,10-,11-/m1/s1. The van der Waals surface area contributed by atoms with Gasteiger partial charge in [-0.3, -0.25) is 4.98 Å². The van der Waals surface area contributed by atoms with Gasteiger partial charge in [0.15, 0.2) is 0 Å². The molecule has 0 radical (unpaired) electrons. The van der Waals surface area contributed by atoms with Crippen molar-refractivity contribution < 1.29 is 4.74 Å². The Kier molecular flexibility index (Phi) is 2.74. The van der Waals surface area contributed by atoms with Gasteiger partial charge in [-0.2, -0.15) is 0 Å². The van der Waals surface area contributed by atoms with E-state index in [1.807, 2.05) is 0 Å². The Bertz CT molecular complexity index is 343. The van der Waals surface area contributed by atoms with Crippen molar-refractivity contribution in [3.8, 4) is 0 Å². The molecule has 2 aliphatic rings. The maximum absolute atomic E-state index is 5.75. The number of hydrogen-bond acceptors (Lipinski definition) is 4. The summed E-state index contributed by atoms with van der Waals surface area (Å²) in [6.45, 7) is 0.925. The Balaban J connectivity index is 1.70. The molecule has 2 heterocycles. The number of nitrogens with one attached hydrogen (secondary N) is 1. The van der Waals surface area contributed by atoms with E-state index < -0.39 is 0 Å². The minimum atomic E-state index is 0.475. The van der Waals surface area contributed by atoms with Crippen LogP contribution >= 0.6 is 0 Å². The largest absolute Gasteiger partial charge is 0.378 e. The van der Waals surface area contributed by atoms with Crippen molar-refractivity contribution in [2.75, 3.05) is 11.9 Å². The van der Waals surface area contributed by atoms with Crippen LogP contribution in [0.5, 0.6) is 0 Å². The average Bonchev–Trinajstić information content (AvgIpc) is 2.80. The summed E-state index contributed by atoms with van der Waals surface area (Å²) in [5.41, 5.74) is 0. The second kappa shape index (κ2) is 4.37. The molecule has 4 heteroatoms. The zero-order valence-corrected chi connectivity index (χ0v) is 9.30. The van der Waals surface area contributed by atoms with Crippen LogP contribution in [0.25, 0.3) is 0 Å². The normalized spacial score (nSPS) is 33.4. The van der Waals surface area contributed by atoms with Crippen molar-refractivity contribution in [2.45, 2.75) is 37.8 Å². The minimum Gasteiger partial charge on any atom is -0.378 e. The molecule has 3 rings (SSSR count). The molecule has 0 aromatic carbocycles. The van der Waals surface area contributed by atoms with E-state index in [1.165, 1.54) is 25.7 Å². The topological polar surface area (TPSA) is 47.0 Å². The second-order valence-electron chi connectivity index (χ2n) is 4.63. The second-order valence-corrected chi connectivity index (χ2v) is 4.63. The number of fused-ring (bicyclic) bond motifs is 1. The summed E-state index contributed by atoms with van der Waals surface area (Å²) < 4.78 is 5.75. The van der Waals surface area contributed by atoms with Gasteiger partial charge in [-0.05, 0) is 25.7 Å². The molecule has 0 unspecified atom stereocenters. The van der Waals surface area contributed by atoms with Gasteiger partial charge in [-0.25, -0.2) is 4.98 Å². The first-order valence-electron chi connectivity index (χ1n) is 6.07. The fourth-order valence-corrected chi connectivity index (χ4v) is 2.92. The summed E-state index contributed by atoms with van der Waals surface area (Å²) in [4.78, 5) is 8.35. The molecule has 2 fully saturated rings. The van der Waals surface area contributed by atoms with E-state index in [2.05, 4.69) is 15.3 Å². The molecule has 1 saturated heterocycles. The third kappa shape index (κ3) is 1.89. The van der Waals surface area contributed by atoms with Crippen LogP contribution in [-0.2, 0) is 4.74 Å². The zero-order chi connectivity index (χ0) is 10.8.